The van der Waals surface area contributed by atoms with E-state index in [1.54, 1.807) is 34.9 Å². The molecule has 3 aromatic rings. The standard InChI is InChI=1S/C31H32FN5O4/c1-20(38)36(16-4-15-35(2)3)24-12-8-23(9-13-24)33-29(28-26-14-7-22(32)19-27(26)34-30(28)39)21-5-10-25(11-6-21)37-17-18-41-31(37)40/h5-14,19,33H,4,15-18H2,1-3H3,(H,34,39). The molecule has 2 aliphatic rings. The molecule has 2 N–H and O–H groups in total. The zero-order valence-corrected chi connectivity index (χ0v) is 23.2. The lowest BCUT2D eigenvalue weighted by molar-refractivity contribution is -0.116. The molecule has 3 aromatic carbocycles. The summed E-state index contributed by atoms with van der Waals surface area (Å²) in [5, 5.41) is 6.14. The Bertz CT molecular complexity index is 1500. The first kappa shape index (κ1) is 27.9. The number of nitrogens with zero attached hydrogens (tertiary/aromatic N) is 3. The Labute approximate surface area is 238 Å². The predicted molar refractivity (Wildman–Crippen MR) is 158 cm³/mol. The molecule has 1 saturated heterocycles. The van der Waals surface area contributed by atoms with Gasteiger partial charge in [-0.2, -0.15) is 0 Å². The zero-order valence-electron chi connectivity index (χ0n) is 23.2. The molecule has 10 heteroatoms. The van der Waals surface area contributed by atoms with Crippen LogP contribution in [0.25, 0.3) is 11.3 Å². The number of carbonyl (C=O) groups is 3. The average molecular weight is 558 g/mol. The molecule has 0 unspecified atom stereocenters. The number of anilines is 4. The summed E-state index contributed by atoms with van der Waals surface area (Å²) in [7, 11) is 4.00. The van der Waals surface area contributed by atoms with E-state index >= 15 is 0 Å². The van der Waals surface area contributed by atoms with Crippen LogP contribution in [0.4, 0.5) is 31.9 Å². The van der Waals surface area contributed by atoms with Crippen LogP contribution in [0.3, 0.4) is 0 Å². The van der Waals surface area contributed by atoms with E-state index in [1.165, 1.54) is 12.1 Å². The van der Waals surface area contributed by atoms with Crippen LogP contribution in [0.15, 0.2) is 66.7 Å². The van der Waals surface area contributed by atoms with Gasteiger partial charge in [0.1, 0.15) is 12.4 Å². The number of carbonyl (C=O) groups excluding carboxylic acids is 3. The summed E-state index contributed by atoms with van der Waals surface area (Å²) in [6.07, 6.45) is 0.435. The van der Waals surface area contributed by atoms with Crippen molar-refractivity contribution in [2.24, 2.45) is 0 Å². The summed E-state index contributed by atoms with van der Waals surface area (Å²) in [5.41, 5.74) is 4.71. The predicted octanol–water partition coefficient (Wildman–Crippen LogP) is 5.02. The molecular formula is C31H32FN5O4. The summed E-state index contributed by atoms with van der Waals surface area (Å²) in [6.45, 7) is 3.81. The second kappa shape index (κ2) is 11.8. The molecule has 0 radical (unpaired) electrons. The van der Waals surface area contributed by atoms with Gasteiger partial charge in [-0.25, -0.2) is 9.18 Å². The van der Waals surface area contributed by atoms with E-state index in [4.69, 9.17) is 4.74 Å². The summed E-state index contributed by atoms with van der Waals surface area (Å²) < 4.78 is 19.0. The number of halogens is 1. The highest BCUT2D eigenvalue weighted by Gasteiger charge is 2.29. The van der Waals surface area contributed by atoms with Crippen molar-refractivity contribution in [3.63, 3.8) is 0 Å². The first-order chi connectivity index (χ1) is 19.7. The SMILES string of the molecule is CC(=O)N(CCCN(C)C)c1ccc(NC(=C2C(=O)Nc3cc(F)ccc32)c2ccc(N3CCOC3=O)cc2)cc1. The number of fused-ring (bicyclic) bond motifs is 1. The molecular weight excluding hydrogens is 525 g/mol. The normalized spacial score (nSPS) is 15.5. The van der Waals surface area contributed by atoms with Gasteiger partial charge in [-0.05, 0) is 87.2 Å². The van der Waals surface area contributed by atoms with E-state index < -0.39 is 11.9 Å². The maximum Gasteiger partial charge on any atom is 0.414 e. The fourth-order valence-corrected chi connectivity index (χ4v) is 4.99. The van der Waals surface area contributed by atoms with Crippen molar-refractivity contribution in [1.82, 2.24) is 4.90 Å². The molecule has 212 valence electrons. The maximum atomic E-state index is 13.9. The first-order valence-corrected chi connectivity index (χ1v) is 13.4. The number of hydrogen-bond acceptors (Lipinski definition) is 6. The monoisotopic (exact) mass is 557 g/mol. The van der Waals surface area contributed by atoms with Crippen LogP contribution in [0, 0.1) is 5.82 Å². The highest BCUT2D eigenvalue weighted by Crippen LogP contribution is 2.38. The molecule has 0 spiro atoms. The van der Waals surface area contributed by atoms with Crippen LogP contribution >= 0.6 is 0 Å². The van der Waals surface area contributed by atoms with Gasteiger partial charge >= 0.3 is 6.09 Å². The second-order valence-corrected chi connectivity index (χ2v) is 10.2. The van der Waals surface area contributed by atoms with Crippen molar-refractivity contribution >= 4 is 51.9 Å². The van der Waals surface area contributed by atoms with Crippen molar-refractivity contribution in [2.75, 3.05) is 60.8 Å². The van der Waals surface area contributed by atoms with Crippen molar-refractivity contribution in [2.45, 2.75) is 13.3 Å². The van der Waals surface area contributed by atoms with Gasteiger partial charge < -0.3 is 25.2 Å². The molecule has 3 amide bonds. The summed E-state index contributed by atoms with van der Waals surface area (Å²) in [4.78, 5) is 42.9. The molecule has 2 aliphatic heterocycles. The zero-order chi connectivity index (χ0) is 29.1. The van der Waals surface area contributed by atoms with E-state index in [9.17, 15) is 18.8 Å². The average Bonchev–Trinajstić information content (AvgIpc) is 3.51. The van der Waals surface area contributed by atoms with Gasteiger partial charge in [-0.15, -0.1) is 0 Å². The van der Waals surface area contributed by atoms with Crippen molar-refractivity contribution < 1.29 is 23.5 Å². The van der Waals surface area contributed by atoms with Crippen molar-refractivity contribution in [3.05, 3.63) is 83.7 Å². The number of ether oxygens (including phenoxy) is 1. The Morgan fingerprint density at radius 2 is 1.76 bits per heavy atom. The largest absolute Gasteiger partial charge is 0.447 e. The van der Waals surface area contributed by atoms with Gasteiger partial charge in [0, 0.05) is 36.1 Å². The Hall–Kier alpha value is -4.70. The quantitative estimate of drug-likeness (QED) is 0.359. The molecule has 0 bridgehead atoms. The van der Waals surface area contributed by atoms with Gasteiger partial charge in [-0.1, -0.05) is 12.1 Å². The van der Waals surface area contributed by atoms with Gasteiger partial charge in [0.05, 0.1) is 23.5 Å². The van der Waals surface area contributed by atoms with Crippen LogP contribution in [0.5, 0.6) is 0 Å². The minimum atomic E-state index is -0.446. The van der Waals surface area contributed by atoms with Crippen LogP contribution in [0.2, 0.25) is 0 Å². The molecule has 0 saturated carbocycles. The van der Waals surface area contributed by atoms with Crippen molar-refractivity contribution in [3.8, 4) is 0 Å². The molecule has 41 heavy (non-hydrogen) atoms. The molecule has 0 atom stereocenters. The lowest BCUT2D eigenvalue weighted by Crippen LogP contribution is -2.31. The number of cyclic esters (lactones) is 1. The third-order valence-electron chi connectivity index (χ3n) is 7.02. The third kappa shape index (κ3) is 6.07. The highest BCUT2D eigenvalue weighted by molar-refractivity contribution is 6.37. The van der Waals surface area contributed by atoms with E-state index in [1.807, 2.05) is 50.5 Å². The molecule has 9 nitrogen and oxygen atoms in total. The van der Waals surface area contributed by atoms with Gasteiger partial charge in [0.15, 0.2) is 0 Å². The minimum absolute atomic E-state index is 0.0410. The first-order valence-electron chi connectivity index (χ1n) is 13.4. The van der Waals surface area contributed by atoms with Crippen LogP contribution < -0.4 is 20.4 Å². The molecule has 2 heterocycles. The summed E-state index contributed by atoms with van der Waals surface area (Å²) in [5.74, 6) is -0.848. The smallest absolute Gasteiger partial charge is 0.414 e. The second-order valence-electron chi connectivity index (χ2n) is 10.2. The Balaban J connectivity index is 1.49. The Morgan fingerprint density at radius 3 is 2.39 bits per heavy atom. The molecule has 5 rings (SSSR count). The topological polar surface area (TPSA) is 94.2 Å². The lowest BCUT2D eigenvalue weighted by Gasteiger charge is -2.23. The van der Waals surface area contributed by atoms with Gasteiger partial charge in [-0.3, -0.25) is 14.5 Å². The van der Waals surface area contributed by atoms with Crippen LogP contribution in [0.1, 0.15) is 24.5 Å². The summed E-state index contributed by atoms with van der Waals surface area (Å²) in [6, 6.07) is 18.9. The number of benzene rings is 3. The fourth-order valence-electron chi connectivity index (χ4n) is 4.99. The van der Waals surface area contributed by atoms with Gasteiger partial charge in [0.2, 0.25) is 5.91 Å². The Kier molecular flexibility index (Phi) is 8.02. The molecule has 1 fully saturated rings. The lowest BCUT2D eigenvalue weighted by atomic mass is 9.99. The molecule has 0 aromatic heterocycles. The number of hydrogen-bond donors (Lipinski definition) is 2. The van der Waals surface area contributed by atoms with Crippen LogP contribution in [-0.2, 0) is 14.3 Å². The van der Waals surface area contributed by atoms with E-state index in [0.29, 0.717) is 59.2 Å². The number of amides is 3. The number of nitrogens with one attached hydrogen (secondary N) is 2. The number of rotatable bonds is 9. The minimum Gasteiger partial charge on any atom is -0.447 e. The third-order valence-corrected chi connectivity index (χ3v) is 7.02. The Morgan fingerprint density at radius 1 is 1.02 bits per heavy atom. The fraction of sp³-hybridized carbons (Fsp3) is 0.258. The van der Waals surface area contributed by atoms with Crippen molar-refractivity contribution in [1.29, 1.82) is 0 Å². The highest BCUT2D eigenvalue weighted by atomic mass is 19.1. The maximum absolute atomic E-state index is 13.9. The van der Waals surface area contributed by atoms with Gasteiger partial charge in [0.25, 0.3) is 5.91 Å². The molecule has 0 aliphatic carbocycles. The summed E-state index contributed by atoms with van der Waals surface area (Å²) >= 11 is 0. The van der Waals surface area contributed by atoms with Crippen LogP contribution in [-0.4, -0.2) is 63.1 Å². The van der Waals surface area contributed by atoms with E-state index in [0.717, 1.165) is 18.7 Å². The van der Waals surface area contributed by atoms with E-state index in [-0.39, 0.29) is 11.8 Å². The van der Waals surface area contributed by atoms with E-state index in [2.05, 4.69) is 15.5 Å².